The van der Waals surface area contributed by atoms with Gasteiger partial charge in [-0.3, -0.25) is 14.0 Å². The molecule has 0 radical (unpaired) electrons. The molecule has 4 aromatic rings. The first-order valence-electron chi connectivity index (χ1n) is 9.02. The third-order valence-electron chi connectivity index (χ3n) is 4.50. The van der Waals surface area contributed by atoms with Gasteiger partial charge in [0.05, 0.1) is 12.0 Å². The number of hydrogen-bond acceptors (Lipinski definition) is 5. The first kappa shape index (κ1) is 18.1. The highest BCUT2D eigenvalue weighted by atomic mass is 32.1. The summed E-state index contributed by atoms with van der Waals surface area (Å²) in [7, 11) is 0. The van der Waals surface area contributed by atoms with Gasteiger partial charge in [-0.2, -0.15) is 0 Å². The van der Waals surface area contributed by atoms with Crippen LogP contribution in [0.2, 0.25) is 0 Å². The number of carbonyl (C=O) groups is 1. The second kappa shape index (κ2) is 7.77. The maximum atomic E-state index is 12.6. The zero-order chi connectivity index (χ0) is 19.5. The minimum atomic E-state index is -0.200. The Morgan fingerprint density at radius 3 is 2.86 bits per heavy atom. The number of nitrogens with zero attached hydrogens (tertiary/aromatic N) is 3. The van der Waals surface area contributed by atoms with Crippen LogP contribution in [0.1, 0.15) is 28.7 Å². The van der Waals surface area contributed by atoms with Gasteiger partial charge in [-0.25, -0.2) is 9.97 Å². The van der Waals surface area contributed by atoms with E-state index < -0.39 is 0 Å². The molecule has 0 unspecified atom stereocenters. The average molecular weight is 393 g/mol. The summed E-state index contributed by atoms with van der Waals surface area (Å²) in [6.45, 7) is 2.52. The molecule has 3 aromatic heterocycles. The molecule has 0 saturated heterocycles. The molecule has 0 saturated carbocycles. The Bertz CT molecular complexity index is 1170. The number of aromatic nitrogens is 4. The number of nitrogens with one attached hydrogen (secondary N) is 2. The van der Waals surface area contributed by atoms with E-state index in [0.717, 1.165) is 22.6 Å². The van der Waals surface area contributed by atoms with Gasteiger partial charge in [0.2, 0.25) is 0 Å². The molecule has 1 aromatic carbocycles. The molecule has 0 spiro atoms. The molecule has 4 rings (SSSR count). The number of benzene rings is 1. The predicted molar refractivity (Wildman–Crippen MR) is 109 cm³/mol. The van der Waals surface area contributed by atoms with E-state index >= 15 is 0 Å². The van der Waals surface area contributed by atoms with Gasteiger partial charge in [0, 0.05) is 41.9 Å². The molecule has 0 fully saturated rings. The number of H-pyrrole nitrogens is 1. The summed E-state index contributed by atoms with van der Waals surface area (Å²) in [4.78, 5) is 35.8. The monoisotopic (exact) mass is 393 g/mol. The molecule has 8 heteroatoms. The molecule has 142 valence electrons. The summed E-state index contributed by atoms with van der Waals surface area (Å²) < 4.78 is 1.81. The first-order chi connectivity index (χ1) is 13.6. The van der Waals surface area contributed by atoms with Crippen molar-refractivity contribution in [1.82, 2.24) is 24.7 Å². The van der Waals surface area contributed by atoms with Gasteiger partial charge in [-0.1, -0.05) is 31.2 Å². The van der Waals surface area contributed by atoms with Crippen LogP contribution < -0.4 is 10.9 Å². The minimum absolute atomic E-state index is 0.179. The van der Waals surface area contributed by atoms with Crippen molar-refractivity contribution in [3.8, 4) is 11.3 Å². The maximum Gasteiger partial charge on any atom is 0.269 e. The zero-order valence-corrected chi connectivity index (χ0v) is 16.1. The standard InChI is InChI=1S/C20H19N5O2S/c1-2-13-3-5-14(6-4-13)16-10-25-17(11-28-20(25)24-16)19(27)21-8-7-15-9-18(26)23-12-22-15/h3-6,9-12H,2,7-8H2,1H3,(H,21,27)(H,22,23,26). The first-order valence-corrected chi connectivity index (χ1v) is 9.89. The van der Waals surface area contributed by atoms with E-state index in [0.29, 0.717) is 24.4 Å². The van der Waals surface area contributed by atoms with E-state index in [4.69, 9.17) is 0 Å². The molecular formula is C20H19N5O2S. The number of fused-ring (bicyclic) bond motifs is 1. The Hall–Kier alpha value is -3.26. The fourth-order valence-electron chi connectivity index (χ4n) is 2.94. The van der Waals surface area contributed by atoms with E-state index in [1.807, 2.05) is 10.6 Å². The van der Waals surface area contributed by atoms with Gasteiger partial charge in [-0.15, -0.1) is 11.3 Å². The summed E-state index contributed by atoms with van der Waals surface area (Å²) in [5.41, 5.74) is 4.13. The van der Waals surface area contributed by atoms with Crippen LogP contribution in [0.3, 0.4) is 0 Å². The number of imidazole rings is 1. The number of hydrogen-bond donors (Lipinski definition) is 2. The summed E-state index contributed by atoms with van der Waals surface area (Å²) >= 11 is 1.43. The molecule has 0 aliphatic rings. The van der Waals surface area contributed by atoms with Crippen LogP contribution in [0.5, 0.6) is 0 Å². The molecule has 0 bridgehead atoms. The topological polar surface area (TPSA) is 92.2 Å². The van der Waals surface area contributed by atoms with Gasteiger partial charge in [0.1, 0.15) is 5.69 Å². The van der Waals surface area contributed by atoms with E-state index in [1.165, 1.54) is 29.3 Å². The molecular weight excluding hydrogens is 374 g/mol. The normalized spacial score (nSPS) is 11.0. The van der Waals surface area contributed by atoms with Crippen LogP contribution in [0.25, 0.3) is 16.2 Å². The minimum Gasteiger partial charge on any atom is -0.350 e. The zero-order valence-electron chi connectivity index (χ0n) is 15.3. The number of carbonyl (C=O) groups excluding carboxylic acids is 1. The number of amides is 1. The number of rotatable bonds is 6. The van der Waals surface area contributed by atoms with Gasteiger partial charge in [-0.05, 0) is 12.0 Å². The average Bonchev–Trinajstić information content (AvgIpc) is 3.29. The van der Waals surface area contributed by atoms with Crippen molar-refractivity contribution in [1.29, 1.82) is 0 Å². The smallest absolute Gasteiger partial charge is 0.269 e. The third kappa shape index (κ3) is 3.72. The SMILES string of the molecule is CCc1ccc(-c2cn3c(C(=O)NCCc4cc(=O)[nH]cn4)csc3n2)cc1. The quantitative estimate of drug-likeness (QED) is 0.527. The van der Waals surface area contributed by atoms with E-state index in [-0.39, 0.29) is 11.5 Å². The summed E-state index contributed by atoms with van der Waals surface area (Å²) in [5.74, 6) is -0.179. The van der Waals surface area contributed by atoms with Crippen LogP contribution in [0.4, 0.5) is 0 Å². The summed E-state index contributed by atoms with van der Waals surface area (Å²) in [5, 5.41) is 4.67. The van der Waals surface area contributed by atoms with Crippen molar-refractivity contribution < 1.29 is 4.79 Å². The summed E-state index contributed by atoms with van der Waals surface area (Å²) in [6, 6.07) is 9.73. The number of aryl methyl sites for hydroxylation is 1. The van der Waals surface area contributed by atoms with E-state index in [9.17, 15) is 9.59 Å². The lowest BCUT2D eigenvalue weighted by Crippen LogP contribution is -2.27. The molecule has 0 atom stereocenters. The Morgan fingerprint density at radius 2 is 2.11 bits per heavy atom. The molecule has 3 heterocycles. The van der Waals surface area contributed by atoms with Gasteiger partial charge in [0.25, 0.3) is 11.5 Å². The molecule has 0 aliphatic carbocycles. The van der Waals surface area contributed by atoms with E-state index in [2.05, 4.69) is 51.5 Å². The third-order valence-corrected chi connectivity index (χ3v) is 5.34. The van der Waals surface area contributed by atoms with Gasteiger partial charge < -0.3 is 10.3 Å². The van der Waals surface area contributed by atoms with Gasteiger partial charge in [0.15, 0.2) is 4.96 Å². The highest BCUT2D eigenvalue weighted by molar-refractivity contribution is 7.15. The van der Waals surface area contributed by atoms with Crippen molar-refractivity contribution in [2.24, 2.45) is 0 Å². The van der Waals surface area contributed by atoms with Crippen LogP contribution in [0, 0.1) is 0 Å². The number of aromatic amines is 1. The van der Waals surface area contributed by atoms with Crippen LogP contribution in [0.15, 0.2) is 53.0 Å². The molecule has 28 heavy (non-hydrogen) atoms. The van der Waals surface area contributed by atoms with Crippen molar-refractivity contribution in [3.63, 3.8) is 0 Å². The van der Waals surface area contributed by atoms with Crippen LogP contribution in [-0.4, -0.2) is 31.8 Å². The van der Waals surface area contributed by atoms with Crippen LogP contribution in [-0.2, 0) is 12.8 Å². The Balaban J connectivity index is 1.48. The van der Waals surface area contributed by atoms with Crippen molar-refractivity contribution in [2.75, 3.05) is 6.54 Å². The fourth-order valence-corrected chi connectivity index (χ4v) is 3.79. The van der Waals surface area contributed by atoms with Gasteiger partial charge >= 0.3 is 0 Å². The van der Waals surface area contributed by atoms with E-state index in [1.54, 1.807) is 5.38 Å². The molecule has 7 nitrogen and oxygen atoms in total. The lowest BCUT2D eigenvalue weighted by Gasteiger charge is -2.04. The summed E-state index contributed by atoms with van der Waals surface area (Å²) in [6.07, 6.45) is 4.74. The predicted octanol–water partition coefficient (Wildman–Crippen LogP) is 2.68. The molecule has 1 amide bonds. The lowest BCUT2D eigenvalue weighted by atomic mass is 10.1. The maximum absolute atomic E-state index is 12.6. The van der Waals surface area contributed by atoms with Crippen molar-refractivity contribution in [2.45, 2.75) is 19.8 Å². The highest BCUT2D eigenvalue weighted by Crippen LogP contribution is 2.24. The Morgan fingerprint density at radius 1 is 1.29 bits per heavy atom. The lowest BCUT2D eigenvalue weighted by molar-refractivity contribution is 0.0948. The van der Waals surface area contributed by atoms with Crippen molar-refractivity contribution >= 4 is 22.2 Å². The second-order valence-electron chi connectivity index (χ2n) is 6.36. The Labute approximate surface area is 165 Å². The second-order valence-corrected chi connectivity index (χ2v) is 7.20. The fraction of sp³-hybridized carbons (Fsp3) is 0.200. The molecule has 0 aliphatic heterocycles. The largest absolute Gasteiger partial charge is 0.350 e. The Kier molecular flexibility index (Phi) is 5.03. The number of thiazole rings is 1. The van der Waals surface area contributed by atoms with Crippen LogP contribution >= 0.6 is 11.3 Å². The molecule has 2 N–H and O–H groups in total. The van der Waals surface area contributed by atoms with Crippen molar-refractivity contribution in [3.05, 3.63) is 75.5 Å². The highest BCUT2D eigenvalue weighted by Gasteiger charge is 2.15.